The van der Waals surface area contributed by atoms with Crippen molar-refractivity contribution in [2.24, 2.45) is 10.9 Å². The number of amides is 1. The topological polar surface area (TPSA) is 65.5 Å². The minimum atomic E-state index is -0.0844. The Morgan fingerprint density at radius 2 is 1.72 bits per heavy atom. The van der Waals surface area contributed by atoms with Crippen LogP contribution in [0.1, 0.15) is 53.9 Å². The number of carbonyl (C=O) groups excluding carboxylic acids is 1. The Bertz CT molecular complexity index is 803. The van der Waals surface area contributed by atoms with E-state index in [1.165, 1.54) is 11.1 Å². The molecule has 0 aliphatic rings. The lowest BCUT2D eigenvalue weighted by atomic mass is 10.00. The standard InChI is InChI=1S/C23H32N4O.HI/c1-16(2)13-18-9-11-20(12-10-18)17(3)27-23(25-5)26-15-19-7-6-8-21(14-19)22(28)24-4;/h6-12,14,16-17H,13,15H2,1-5H3,(H,24,28)(H2,25,26,27);1H. The number of nitrogens with one attached hydrogen (secondary N) is 3. The second-order valence-electron chi connectivity index (χ2n) is 7.41. The smallest absolute Gasteiger partial charge is 0.251 e. The van der Waals surface area contributed by atoms with Crippen molar-refractivity contribution in [1.82, 2.24) is 16.0 Å². The van der Waals surface area contributed by atoms with Gasteiger partial charge < -0.3 is 16.0 Å². The van der Waals surface area contributed by atoms with Crippen LogP contribution in [0.25, 0.3) is 0 Å². The van der Waals surface area contributed by atoms with E-state index >= 15 is 0 Å². The lowest BCUT2D eigenvalue weighted by Crippen LogP contribution is -2.38. The highest BCUT2D eigenvalue weighted by atomic mass is 127. The van der Waals surface area contributed by atoms with Crippen molar-refractivity contribution in [1.29, 1.82) is 0 Å². The largest absolute Gasteiger partial charge is 0.355 e. The first-order valence-corrected chi connectivity index (χ1v) is 9.80. The summed E-state index contributed by atoms with van der Waals surface area (Å²) in [6.45, 7) is 7.18. The first-order valence-electron chi connectivity index (χ1n) is 9.80. The molecule has 0 saturated carbocycles. The molecule has 5 nitrogen and oxygen atoms in total. The zero-order chi connectivity index (χ0) is 20.5. The van der Waals surface area contributed by atoms with Gasteiger partial charge in [-0.05, 0) is 48.1 Å². The Labute approximate surface area is 191 Å². The van der Waals surface area contributed by atoms with Gasteiger partial charge in [0.2, 0.25) is 0 Å². The average molecular weight is 508 g/mol. The zero-order valence-electron chi connectivity index (χ0n) is 18.0. The Morgan fingerprint density at radius 1 is 1.03 bits per heavy atom. The zero-order valence-corrected chi connectivity index (χ0v) is 20.3. The number of benzene rings is 2. The molecule has 0 heterocycles. The molecule has 0 fully saturated rings. The molecular formula is C23H33IN4O. The summed E-state index contributed by atoms with van der Waals surface area (Å²) in [5.41, 5.74) is 4.26. The van der Waals surface area contributed by atoms with Gasteiger partial charge in [0.1, 0.15) is 0 Å². The molecule has 1 amide bonds. The predicted molar refractivity (Wildman–Crippen MR) is 132 cm³/mol. The van der Waals surface area contributed by atoms with Gasteiger partial charge >= 0.3 is 0 Å². The molecule has 2 rings (SSSR count). The second-order valence-corrected chi connectivity index (χ2v) is 7.41. The van der Waals surface area contributed by atoms with Gasteiger partial charge in [-0.2, -0.15) is 0 Å². The van der Waals surface area contributed by atoms with Crippen LogP contribution in [-0.4, -0.2) is 26.0 Å². The number of nitrogens with zero attached hydrogens (tertiary/aromatic N) is 1. The summed E-state index contributed by atoms with van der Waals surface area (Å²) < 4.78 is 0. The molecule has 0 aromatic heterocycles. The monoisotopic (exact) mass is 508 g/mol. The Kier molecular flexibility index (Phi) is 10.7. The fourth-order valence-electron chi connectivity index (χ4n) is 3.05. The Morgan fingerprint density at radius 3 is 2.31 bits per heavy atom. The molecule has 0 saturated heterocycles. The molecular weight excluding hydrogens is 475 g/mol. The van der Waals surface area contributed by atoms with E-state index in [9.17, 15) is 4.79 Å². The van der Waals surface area contributed by atoms with Gasteiger partial charge in [-0.15, -0.1) is 24.0 Å². The van der Waals surface area contributed by atoms with E-state index in [1.54, 1.807) is 20.2 Å². The normalized spacial score (nSPS) is 12.1. The SMILES string of the molecule is CN=C(NCc1cccc(C(=O)NC)c1)NC(C)c1ccc(CC(C)C)cc1.I. The van der Waals surface area contributed by atoms with Gasteiger partial charge in [0.25, 0.3) is 5.91 Å². The van der Waals surface area contributed by atoms with Crippen molar-refractivity contribution in [2.45, 2.75) is 39.8 Å². The molecule has 29 heavy (non-hydrogen) atoms. The van der Waals surface area contributed by atoms with E-state index in [2.05, 4.69) is 66.0 Å². The summed E-state index contributed by atoms with van der Waals surface area (Å²) in [5, 5.41) is 9.38. The third-order valence-electron chi connectivity index (χ3n) is 4.58. The fraction of sp³-hybridized carbons (Fsp3) is 0.391. The van der Waals surface area contributed by atoms with Gasteiger partial charge in [0, 0.05) is 26.2 Å². The van der Waals surface area contributed by atoms with Crippen molar-refractivity contribution in [3.8, 4) is 0 Å². The summed E-state index contributed by atoms with van der Waals surface area (Å²) in [6.07, 6.45) is 1.10. The number of aliphatic imine (C=N–C) groups is 1. The molecule has 3 N–H and O–H groups in total. The van der Waals surface area contributed by atoms with Gasteiger partial charge in [0.15, 0.2) is 5.96 Å². The third-order valence-corrected chi connectivity index (χ3v) is 4.58. The highest BCUT2D eigenvalue weighted by Gasteiger charge is 2.09. The van der Waals surface area contributed by atoms with E-state index in [1.807, 2.05) is 18.2 Å². The number of guanidine groups is 1. The predicted octanol–water partition coefficient (Wildman–Crippen LogP) is 4.29. The van der Waals surface area contributed by atoms with Gasteiger partial charge in [-0.25, -0.2) is 0 Å². The van der Waals surface area contributed by atoms with Crippen molar-refractivity contribution in [3.63, 3.8) is 0 Å². The van der Waals surface area contributed by atoms with Gasteiger partial charge in [-0.1, -0.05) is 50.2 Å². The van der Waals surface area contributed by atoms with Crippen LogP contribution in [0.15, 0.2) is 53.5 Å². The molecule has 2 aromatic carbocycles. The van der Waals surface area contributed by atoms with Crippen LogP contribution >= 0.6 is 24.0 Å². The minimum absolute atomic E-state index is 0. The Hall–Kier alpha value is -2.09. The van der Waals surface area contributed by atoms with Crippen LogP contribution in [0.2, 0.25) is 0 Å². The molecule has 6 heteroatoms. The second kappa shape index (κ2) is 12.5. The number of hydrogen-bond acceptors (Lipinski definition) is 2. The summed E-state index contributed by atoms with van der Waals surface area (Å²) in [4.78, 5) is 16.1. The fourth-order valence-corrected chi connectivity index (χ4v) is 3.05. The van der Waals surface area contributed by atoms with E-state index in [-0.39, 0.29) is 35.9 Å². The highest BCUT2D eigenvalue weighted by Crippen LogP contribution is 2.15. The van der Waals surface area contributed by atoms with E-state index < -0.39 is 0 Å². The lowest BCUT2D eigenvalue weighted by Gasteiger charge is -2.19. The number of halogens is 1. The van der Waals surface area contributed by atoms with Crippen LogP contribution < -0.4 is 16.0 Å². The van der Waals surface area contributed by atoms with Gasteiger partial charge in [0.05, 0.1) is 6.04 Å². The van der Waals surface area contributed by atoms with E-state index in [4.69, 9.17) is 0 Å². The molecule has 1 atom stereocenters. The number of rotatable bonds is 7. The molecule has 0 aliphatic carbocycles. The van der Waals surface area contributed by atoms with Gasteiger partial charge in [-0.3, -0.25) is 9.79 Å². The van der Waals surface area contributed by atoms with E-state index in [0.29, 0.717) is 18.0 Å². The molecule has 0 aliphatic heterocycles. The Balaban J connectivity index is 0.00000420. The van der Waals surface area contributed by atoms with Crippen LogP contribution in [0.4, 0.5) is 0 Å². The van der Waals surface area contributed by atoms with Crippen molar-refractivity contribution in [3.05, 3.63) is 70.8 Å². The summed E-state index contributed by atoms with van der Waals surface area (Å²) >= 11 is 0. The summed E-state index contributed by atoms with van der Waals surface area (Å²) in [6, 6.07) is 16.5. The van der Waals surface area contributed by atoms with Crippen LogP contribution in [0, 0.1) is 5.92 Å². The third kappa shape index (κ3) is 8.04. The highest BCUT2D eigenvalue weighted by molar-refractivity contribution is 14.0. The van der Waals surface area contributed by atoms with Crippen LogP contribution in [-0.2, 0) is 13.0 Å². The average Bonchev–Trinajstić information content (AvgIpc) is 2.70. The van der Waals surface area contributed by atoms with E-state index in [0.717, 1.165) is 17.9 Å². The molecule has 1 unspecified atom stereocenters. The minimum Gasteiger partial charge on any atom is -0.355 e. The molecule has 2 aromatic rings. The van der Waals surface area contributed by atoms with Crippen LogP contribution in [0.5, 0.6) is 0 Å². The lowest BCUT2D eigenvalue weighted by molar-refractivity contribution is 0.0963. The van der Waals surface area contributed by atoms with Crippen molar-refractivity contribution >= 4 is 35.8 Å². The molecule has 0 radical (unpaired) electrons. The van der Waals surface area contributed by atoms with Crippen LogP contribution in [0.3, 0.4) is 0 Å². The maximum absolute atomic E-state index is 11.8. The number of hydrogen-bond donors (Lipinski definition) is 3. The summed E-state index contributed by atoms with van der Waals surface area (Å²) in [7, 11) is 3.39. The summed E-state index contributed by atoms with van der Waals surface area (Å²) in [5.74, 6) is 1.30. The quantitative estimate of drug-likeness (QED) is 0.297. The van der Waals surface area contributed by atoms with Crippen molar-refractivity contribution < 1.29 is 4.79 Å². The molecule has 158 valence electrons. The molecule has 0 bridgehead atoms. The molecule has 0 spiro atoms. The first kappa shape index (κ1) is 24.9. The maximum Gasteiger partial charge on any atom is 0.251 e. The number of carbonyl (C=O) groups is 1. The van der Waals surface area contributed by atoms with Crippen molar-refractivity contribution in [2.75, 3.05) is 14.1 Å². The first-order chi connectivity index (χ1) is 13.4. The maximum atomic E-state index is 11.8.